The molecule has 2 saturated heterocycles. The van der Waals surface area contributed by atoms with Crippen molar-refractivity contribution >= 4 is 5.97 Å². The Balaban J connectivity index is 1.81. The zero-order valence-electron chi connectivity index (χ0n) is 11.5. The first-order valence-corrected chi connectivity index (χ1v) is 7.40. The van der Waals surface area contributed by atoms with E-state index in [0.717, 1.165) is 45.3 Å². The lowest BCUT2D eigenvalue weighted by molar-refractivity contribution is -0.150. The van der Waals surface area contributed by atoms with Gasteiger partial charge in [-0.25, -0.2) is 0 Å². The first kappa shape index (κ1) is 13.8. The molecular formula is C14H26N2O2. The fraction of sp³-hybridized carbons (Fsp3) is 0.929. The number of carboxylic acid groups (broad SMARTS) is 1. The Morgan fingerprint density at radius 1 is 1.17 bits per heavy atom. The van der Waals surface area contributed by atoms with Gasteiger partial charge in [-0.15, -0.1) is 0 Å². The van der Waals surface area contributed by atoms with Gasteiger partial charge in [0.05, 0.1) is 0 Å². The number of likely N-dealkylation sites (tertiary alicyclic amines) is 2. The molecular weight excluding hydrogens is 228 g/mol. The predicted octanol–water partition coefficient (Wildman–Crippen LogP) is 1.80. The molecule has 1 unspecified atom stereocenters. The minimum absolute atomic E-state index is 0.564. The molecule has 4 heteroatoms. The third-order valence-corrected chi connectivity index (χ3v) is 4.71. The molecule has 2 aliphatic heterocycles. The molecule has 2 fully saturated rings. The summed E-state index contributed by atoms with van der Waals surface area (Å²) in [4.78, 5) is 16.3. The molecule has 0 amide bonds. The van der Waals surface area contributed by atoms with E-state index in [1.165, 1.54) is 25.9 Å². The number of nitrogens with zero attached hydrogens (tertiary/aromatic N) is 2. The van der Waals surface area contributed by atoms with Crippen molar-refractivity contribution in [1.29, 1.82) is 0 Å². The Morgan fingerprint density at radius 2 is 1.89 bits per heavy atom. The van der Waals surface area contributed by atoms with Crippen molar-refractivity contribution in [3.05, 3.63) is 0 Å². The standard InChI is InChI=1S/C14H26N2O2/c1-2-14(13(17)18)7-5-11-16(14)12-6-10-15-8-3-4-9-15/h2-12H2,1H3,(H,17,18). The molecule has 1 N–H and O–H groups in total. The average Bonchev–Trinajstić information content (AvgIpc) is 2.98. The topological polar surface area (TPSA) is 43.8 Å². The lowest BCUT2D eigenvalue weighted by Crippen LogP contribution is -2.50. The van der Waals surface area contributed by atoms with Crippen molar-refractivity contribution in [2.75, 3.05) is 32.7 Å². The largest absolute Gasteiger partial charge is 0.480 e. The van der Waals surface area contributed by atoms with Crippen LogP contribution >= 0.6 is 0 Å². The molecule has 0 aromatic carbocycles. The summed E-state index contributed by atoms with van der Waals surface area (Å²) in [6.45, 7) is 7.51. The van der Waals surface area contributed by atoms with Crippen molar-refractivity contribution in [3.63, 3.8) is 0 Å². The van der Waals surface area contributed by atoms with Crippen LogP contribution in [-0.2, 0) is 4.79 Å². The third-order valence-electron chi connectivity index (χ3n) is 4.71. The zero-order valence-corrected chi connectivity index (χ0v) is 11.5. The lowest BCUT2D eigenvalue weighted by Gasteiger charge is -2.34. The summed E-state index contributed by atoms with van der Waals surface area (Å²) >= 11 is 0. The third kappa shape index (κ3) is 2.69. The van der Waals surface area contributed by atoms with Gasteiger partial charge in [0.25, 0.3) is 0 Å². The highest BCUT2D eigenvalue weighted by atomic mass is 16.4. The van der Waals surface area contributed by atoms with Crippen LogP contribution in [-0.4, -0.2) is 59.1 Å². The zero-order chi connectivity index (χ0) is 13.0. The molecule has 1 atom stereocenters. The van der Waals surface area contributed by atoms with E-state index < -0.39 is 11.5 Å². The number of hydrogen-bond acceptors (Lipinski definition) is 3. The molecule has 2 rings (SSSR count). The fourth-order valence-electron chi connectivity index (χ4n) is 3.55. The molecule has 2 heterocycles. The van der Waals surface area contributed by atoms with E-state index in [1.54, 1.807) is 0 Å². The first-order chi connectivity index (χ1) is 8.69. The maximum absolute atomic E-state index is 11.5. The van der Waals surface area contributed by atoms with Crippen LogP contribution in [0.15, 0.2) is 0 Å². The molecule has 0 aromatic rings. The van der Waals surface area contributed by atoms with Gasteiger partial charge in [0.1, 0.15) is 5.54 Å². The van der Waals surface area contributed by atoms with Crippen molar-refractivity contribution in [3.8, 4) is 0 Å². The van der Waals surface area contributed by atoms with Crippen molar-refractivity contribution in [1.82, 2.24) is 9.80 Å². The summed E-state index contributed by atoms with van der Waals surface area (Å²) in [6, 6.07) is 0. The second-order valence-corrected chi connectivity index (χ2v) is 5.68. The number of carbonyl (C=O) groups is 1. The van der Waals surface area contributed by atoms with Crippen LogP contribution in [0.25, 0.3) is 0 Å². The Hall–Kier alpha value is -0.610. The molecule has 0 saturated carbocycles. The Morgan fingerprint density at radius 3 is 2.50 bits per heavy atom. The summed E-state index contributed by atoms with van der Waals surface area (Å²) in [5.74, 6) is -0.622. The second-order valence-electron chi connectivity index (χ2n) is 5.68. The number of aliphatic carboxylic acids is 1. The molecule has 104 valence electrons. The highest BCUT2D eigenvalue weighted by molar-refractivity contribution is 5.79. The van der Waals surface area contributed by atoms with Crippen LogP contribution in [0.3, 0.4) is 0 Å². The van der Waals surface area contributed by atoms with E-state index in [-0.39, 0.29) is 0 Å². The Bertz CT molecular complexity index is 290. The molecule has 0 radical (unpaired) electrons. The highest BCUT2D eigenvalue weighted by Gasteiger charge is 2.45. The number of rotatable bonds is 6. The molecule has 0 spiro atoms. The summed E-state index contributed by atoms with van der Waals surface area (Å²) in [5, 5.41) is 9.49. The normalized spacial score (nSPS) is 30.1. The van der Waals surface area contributed by atoms with Crippen LogP contribution in [0.5, 0.6) is 0 Å². The van der Waals surface area contributed by atoms with E-state index in [1.807, 2.05) is 6.92 Å². The maximum atomic E-state index is 11.5. The lowest BCUT2D eigenvalue weighted by atomic mass is 9.93. The van der Waals surface area contributed by atoms with Crippen LogP contribution in [0.4, 0.5) is 0 Å². The van der Waals surface area contributed by atoms with Gasteiger partial charge in [-0.2, -0.15) is 0 Å². The van der Waals surface area contributed by atoms with E-state index >= 15 is 0 Å². The summed E-state index contributed by atoms with van der Waals surface area (Å²) in [5.41, 5.74) is -0.564. The van der Waals surface area contributed by atoms with Crippen LogP contribution in [0.2, 0.25) is 0 Å². The Kier molecular flexibility index (Phi) is 4.62. The molecule has 4 nitrogen and oxygen atoms in total. The maximum Gasteiger partial charge on any atom is 0.324 e. The van der Waals surface area contributed by atoms with Crippen molar-refractivity contribution in [2.24, 2.45) is 0 Å². The molecule has 0 bridgehead atoms. The molecule has 18 heavy (non-hydrogen) atoms. The SMILES string of the molecule is CCC1(C(=O)O)CCCN1CCCN1CCCC1. The predicted molar refractivity (Wildman–Crippen MR) is 71.8 cm³/mol. The molecule has 0 aliphatic carbocycles. The summed E-state index contributed by atoms with van der Waals surface area (Å²) < 4.78 is 0. The van der Waals surface area contributed by atoms with Gasteiger partial charge < -0.3 is 10.0 Å². The fourth-order valence-corrected chi connectivity index (χ4v) is 3.55. The summed E-state index contributed by atoms with van der Waals surface area (Å²) in [7, 11) is 0. The molecule has 2 aliphatic rings. The number of hydrogen-bond donors (Lipinski definition) is 1. The minimum atomic E-state index is -0.622. The number of carboxylic acids is 1. The highest BCUT2D eigenvalue weighted by Crippen LogP contribution is 2.32. The smallest absolute Gasteiger partial charge is 0.324 e. The van der Waals surface area contributed by atoms with Gasteiger partial charge in [-0.05, 0) is 64.7 Å². The van der Waals surface area contributed by atoms with Crippen LogP contribution < -0.4 is 0 Å². The van der Waals surface area contributed by atoms with Gasteiger partial charge in [0.2, 0.25) is 0 Å². The first-order valence-electron chi connectivity index (χ1n) is 7.40. The van der Waals surface area contributed by atoms with Crippen molar-refractivity contribution in [2.45, 2.75) is 51.0 Å². The second kappa shape index (κ2) is 6.02. The van der Waals surface area contributed by atoms with Gasteiger partial charge in [0, 0.05) is 6.54 Å². The van der Waals surface area contributed by atoms with E-state index in [2.05, 4.69) is 9.80 Å². The van der Waals surface area contributed by atoms with Crippen molar-refractivity contribution < 1.29 is 9.90 Å². The van der Waals surface area contributed by atoms with E-state index in [4.69, 9.17) is 0 Å². The van der Waals surface area contributed by atoms with Crippen LogP contribution in [0, 0.1) is 0 Å². The van der Waals surface area contributed by atoms with Gasteiger partial charge >= 0.3 is 5.97 Å². The van der Waals surface area contributed by atoms with E-state index in [0.29, 0.717) is 0 Å². The Labute approximate surface area is 110 Å². The average molecular weight is 254 g/mol. The van der Waals surface area contributed by atoms with Gasteiger partial charge in [-0.3, -0.25) is 9.69 Å². The van der Waals surface area contributed by atoms with E-state index in [9.17, 15) is 9.90 Å². The summed E-state index contributed by atoms with van der Waals surface area (Å²) in [6.07, 6.45) is 6.35. The molecule has 0 aromatic heterocycles. The monoisotopic (exact) mass is 254 g/mol. The van der Waals surface area contributed by atoms with Crippen LogP contribution in [0.1, 0.15) is 45.4 Å². The van der Waals surface area contributed by atoms with Gasteiger partial charge in [-0.1, -0.05) is 6.92 Å². The quantitative estimate of drug-likeness (QED) is 0.785. The minimum Gasteiger partial charge on any atom is -0.480 e. The van der Waals surface area contributed by atoms with Gasteiger partial charge in [0.15, 0.2) is 0 Å².